The van der Waals surface area contributed by atoms with E-state index in [9.17, 15) is 14.0 Å². The third-order valence-corrected chi connectivity index (χ3v) is 1.13. The zero-order valence-electron chi connectivity index (χ0n) is 7.18. The highest BCUT2D eigenvalue weighted by Gasteiger charge is 1.97. The van der Waals surface area contributed by atoms with Gasteiger partial charge in [-0.1, -0.05) is 0 Å². The highest BCUT2D eigenvalue weighted by molar-refractivity contribution is 5.72. The number of rotatable bonds is 2. The van der Waals surface area contributed by atoms with E-state index in [2.05, 4.69) is 0 Å². The fourth-order valence-corrected chi connectivity index (χ4v) is 0.536. The van der Waals surface area contributed by atoms with Gasteiger partial charge in [-0.2, -0.15) is 0 Å². The second-order valence-electron chi connectivity index (χ2n) is 2.20. The number of aldehydes is 2. The molecule has 0 aromatic heterocycles. The van der Waals surface area contributed by atoms with Crippen LogP contribution in [0.1, 0.15) is 6.42 Å². The highest BCUT2D eigenvalue weighted by Crippen LogP contribution is 2.23. The van der Waals surface area contributed by atoms with E-state index in [-0.39, 0.29) is 12.2 Å². The van der Waals surface area contributed by atoms with Gasteiger partial charge in [0.1, 0.15) is 18.4 Å². The molecule has 0 amide bonds. The number of benzene rings is 1. The van der Waals surface area contributed by atoms with Crippen LogP contribution in [-0.4, -0.2) is 22.8 Å². The second kappa shape index (κ2) is 6.59. The van der Waals surface area contributed by atoms with Gasteiger partial charge in [0.2, 0.25) is 0 Å². The SMILES string of the molecule is O=CCC=O.Oc1ccc(F)cc1O. The van der Waals surface area contributed by atoms with Gasteiger partial charge in [0.15, 0.2) is 11.5 Å². The molecule has 4 nitrogen and oxygen atoms in total. The lowest BCUT2D eigenvalue weighted by molar-refractivity contribution is -0.114. The third kappa shape index (κ3) is 4.87. The van der Waals surface area contributed by atoms with E-state index in [1.54, 1.807) is 0 Å². The van der Waals surface area contributed by atoms with Crippen molar-refractivity contribution >= 4 is 12.6 Å². The number of carbonyl (C=O) groups is 2. The molecule has 0 fully saturated rings. The normalized spacial score (nSPS) is 8.36. The Morgan fingerprint density at radius 2 is 1.71 bits per heavy atom. The van der Waals surface area contributed by atoms with E-state index < -0.39 is 11.6 Å². The van der Waals surface area contributed by atoms with Crippen molar-refractivity contribution < 1.29 is 24.2 Å². The summed E-state index contributed by atoms with van der Waals surface area (Å²) in [5, 5.41) is 17.2. The van der Waals surface area contributed by atoms with Gasteiger partial charge >= 0.3 is 0 Å². The maximum atomic E-state index is 12.1. The molecule has 0 radical (unpaired) electrons. The molecule has 0 saturated carbocycles. The molecule has 1 aromatic rings. The number of hydrogen-bond acceptors (Lipinski definition) is 4. The van der Waals surface area contributed by atoms with E-state index in [1.807, 2.05) is 0 Å². The summed E-state index contributed by atoms with van der Waals surface area (Å²) in [4.78, 5) is 18.3. The summed E-state index contributed by atoms with van der Waals surface area (Å²) >= 11 is 0. The standard InChI is InChI=1S/C6H5FO2.C3H4O2/c7-4-1-2-5(8)6(9)3-4;4-2-1-3-5/h1-3,8-9H;2-3H,1H2. The molecular formula is C9H9FO4. The van der Waals surface area contributed by atoms with Crippen LogP contribution < -0.4 is 0 Å². The van der Waals surface area contributed by atoms with Crippen LogP contribution in [0.4, 0.5) is 4.39 Å². The zero-order valence-corrected chi connectivity index (χ0v) is 7.18. The summed E-state index contributed by atoms with van der Waals surface area (Å²) in [5.74, 6) is -1.31. The minimum atomic E-state index is -0.565. The monoisotopic (exact) mass is 200 g/mol. The van der Waals surface area contributed by atoms with Gasteiger partial charge in [-0.25, -0.2) is 4.39 Å². The average Bonchev–Trinajstić information content (AvgIpc) is 2.14. The van der Waals surface area contributed by atoms with Crippen molar-refractivity contribution in [2.75, 3.05) is 0 Å². The molecule has 0 bridgehead atoms. The minimum absolute atomic E-state index is 0.0278. The third-order valence-electron chi connectivity index (χ3n) is 1.13. The van der Waals surface area contributed by atoms with Gasteiger partial charge in [-0.15, -0.1) is 0 Å². The number of phenolic OH excluding ortho intramolecular Hbond substituents is 2. The first kappa shape index (κ1) is 12.1. The number of phenols is 2. The van der Waals surface area contributed by atoms with Gasteiger partial charge in [-0.05, 0) is 12.1 Å². The molecule has 0 unspecified atom stereocenters. The summed E-state index contributed by atoms with van der Waals surface area (Å²) in [6.07, 6.45) is 1.15. The van der Waals surface area contributed by atoms with E-state index in [0.29, 0.717) is 12.6 Å². The summed E-state index contributed by atoms with van der Waals surface area (Å²) in [7, 11) is 0. The molecule has 5 heteroatoms. The van der Waals surface area contributed by atoms with E-state index in [1.165, 1.54) is 0 Å². The van der Waals surface area contributed by atoms with Crippen LogP contribution in [0.25, 0.3) is 0 Å². The number of halogens is 1. The maximum Gasteiger partial charge on any atom is 0.160 e. The molecule has 1 rings (SSSR count). The summed E-state index contributed by atoms with van der Waals surface area (Å²) < 4.78 is 12.1. The molecule has 0 saturated heterocycles. The predicted octanol–water partition coefficient (Wildman–Crippen LogP) is 1.01. The van der Waals surface area contributed by atoms with Crippen LogP contribution in [0.15, 0.2) is 18.2 Å². The Kier molecular flexibility index (Phi) is 5.69. The lowest BCUT2D eigenvalue weighted by atomic mass is 10.3. The molecule has 1 aromatic carbocycles. The molecule has 0 aliphatic rings. The van der Waals surface area contributed by atoms with Crippen molar-refractivity contribution in [3.05, 3.63) is 24.0 Å². The highest BCUT2D eigenvalue weighted by atomic mass is 19.1. The van der Waals surface area contributed by atoms with Gasteiger partial charge in [0, 0.05) is 6.07 Å². The Morgan fingerprint density at radius 1 is 1.14 bits per heavy atom. The molecule has 0 heterocycles. The molecule has 0 aliphatic heterocycles. The van der Waals surface area contributed by atoms with Gasteiger partial charge in [0.25, 0.3) is 0 Å². The van der Waals surface area contributed by atoms with Crippen LogP contribution in [0.2, 0.25) is 0 Å². The molecule has 2 N–H and O–H groups in total. The lowest BCUT2D eigenvalue weighted by Crippen LogP contribution is -1.71. The fraction of sp³-hybridized carbons (Fsp3) is 0.111. The molecule has 76 valence electrons. The lowest BCUT2D eigenvalue weighted by Gasteiger charge is -1.93. The van der Waals surface area contributed by atoms with Crippen LogP contribution in [0.3, 0.4) is 0 Å². The Labute approximate surface area is 79.6 Å². The first-order chi connectivity index (χ1) is 6.61. The molecule has 0 atom stereocenters. The molecule has 14 heavy (non-hydrogen) atoms. The van der Waals surface area contributed by atoms with Gasteiger partial charge in [-0.3, -0.25) is 0 Å². The number of hydrogen-bond donors (Lipinski definition) is 2. The quantitative estimate of drug-likeness (QED) is 0.424. The smallest absolute Gasteiger partial charge is 0.160 e. The Balaban J connectivity index is 0.000000292. The first-order valence-electron chi connectivity index (χ1n) is 3.66. The van der Waals surface area contributed by atoms with Crippen molar-refractivity contribution in [2.24, 2.45) is 0 Å². The predicted molar refractivity (Wildman–Crippen MR) is 46.5 cm³/mol. The van der Waals surface area contributed by atoms with Crippen molar-refractivity contribution in [3.8, 4) is 11.5 Å². The molecule has 0 aliphatic carbocycles. The number of carbonyl (C=O) groups excluding carboxylic acids is 2. The van der Waals surface area contributed by atoms with Crippen molar-refractivity contribution in [2.45, 2.75) is 6.42 Å². The largest absolute Gasteiger partial charge is 0.504 e. The topological polar surface area (TPSA) is 74.6 Å². The molecule has 0 spiro atoms. The van der Waals surface area contributed by atoms with E-state index >= 15 is 0 Å². The van der Waals surface area contributed by atoms with Crippen LogP contribution in [-0.2, 0) is 9.59 Å². The van der Waals surface area contributed by atoms with Crippen LogP contribution in [0, 0.1) is 5.82 Å². The fourth-order valence-electron chi connectivity index (χ4n) is 0.536. The minimum Gasteiger partial charge on any atom is -0.504 e. The summed E-state index contributed by atoms with van der Waals surface area (Å²) in [6, 6.07) is 3.00. The Morgan fingerprint density at radius 3 is 2.00 bits per heavy atom. The van der Waals surface area contributed by atoms with Gasteiger partial charge < -0.3 is 19.8 Å². The van der Waals surface area contributed by atoms with Crippen molar-refractivity contribution in [1.82, 2.24) is 0 Å². The van der Waals surface area contributed by atoms with E-state index in [4.69, 9.17) is 10.2 Å². The van der Waals surface area contributed by atoms with Crippen molar-refractivity contribution in [1.29, 1.82) is 0 Å². The van der Waals surface area contributed by atoms with Gasteiger partial charge in [0.05, 0.1) is 6.42 Å². The summed E-state index contributed by atoms with van der Waals surface area (Å²) in [5.41, 5.74) is 0. The second-order valence-corrected chi connectivity index (χ2v) is 2.20. The maximum absolute atomic E-state index is 12.1. The Hall–Kier alpha value is -1.91. The average molecular weight is 200 g/mol. The molecular weight excluding hydrogens is 191 g/mol. The Bertz CT molecular complexity index is 306. The first-order valence-corrected chi connectivity index (χ1v) is 3.66. The number of aromatic hydroxyl groups is 2. The van der Waals surface area contributed by atoms with Crippen molar-refractivity contribution in [3.63, 3.8) is 0 Å². The summed E-state index contributed by atoms with van der Waals surface area (Å²) in [6.45, 7) is 0. The van der Waals surface area contributed by atoms with Crippen LogP contribution >= 0.6 is 0 Å². The van der Waals surface area contributed by atoms with E-state index in [0.717, 1.165) is 18.2 Å². The van der Waals surface area contributed by atoms with Crippen LogP contribution in [0.5, 0.6) is 11.5 Å². The zero-order chi connectivity index (χ0) is 11.0.